The van der Waals surface area contributed by atoms with Crippen LogP contribution >= 0.6 is 48.0 Å². The first kappa shape index (κ1) is 19.7. The Morgan fingerprint density at radius 2 is 1.33 bits per heavy atom. The maximum atomic E-state index is 11.6. The lowest BCUT2D eigenvalue weighted by molar-refractivity contribution is -0.148. The van der Waals surface area contributed by atoms with Gasteiger partial charge in [-0.25, -0.2) is 0 Å². The minimum absolute atomic E-state index is 0.148. The highest BCUT2D eigenvalue weighted by molar-refractivity contribution is 8.23. The summed E-state index contributed by atoms with van der Waals surface area (Å²) >= 11 is 12.7. The SMILES string of the molecule is O=C(CCCCC(=O)OCC1CSC(=S)O1)OCC1CSC(=S)O1. The Labute approximate surface area is 159 Å². The summed E-state index contributed by atoms with van der Waals surface area (Å²) in [5, 5.41) is 0. The van der Waals surface area contributed by atoms with Gasteiger partial charge < -0.3 is 18.9 Å². The minimum Gasteiger partial charge on any atom is -0.471 e. The number of carbonyl (C=O) groups excluding carboxylic acids is 2. The molecule has 0 amide bonds. The maximum Gasteiger partial charge on any atom is 0.305 e. The second-order valence-electron chi connectivity index (χ2n) is 5.17. The van der Waals surface area contributed by atoms with Crippen molar-refractivity contribution < 1.29 is 28.5 Å². The van der Waals surface area contributed by atoms with Crippen LogP contribution in [0, 0.1) is 0 Å². The third-order valence-electron chi connectivity index (χ3n) is 3.17. The van der Waals surface area contributed by atoms with Crippen molar-refractivity contribution in [3.8, 4) is 0 Å². The number of thioether (sulfide) groups is 2. The minimum atomic E-state index is -0.292. The molecule has 0 aromatic heterocycles. The van der Waals surface area contributed by atoms with Gasteiger partial charge >= 0.3 is 11.9 Å². The second kappa shape index (κ2) is 10.4. The smallest absolute Gasteiger partial charge is 0.305 e. The molecule has 2 fully saturated rings. The van der Waals surface area contributed by atoms with E-state index >= 15 is 0 Å². The second-order valence-corrected chi connectivity index (χ2v) is 8.42. The van der Waals surface area contributed by atoms with Crippen LogP contribution in [0.1, 0.15) is 25.7 Å². The molecule has 2 heterocycles. The molecule has 2 aliphatic heterocycles. The largest absolute Gasteiger partial charge is 0.471 e. The Bertz CT molecular complexity index is 454. The number of unbranched alkanes of at least 4 members (excludes halogenated alkanes) is 1. The molecule has 0 bridgehead atoms. The van der Waals surface area contributed by atoms with Gasteiger partial charge in [0.2, 0.25) is 8.77 Å². The summed E-state index contributed by atoms with van der Waals surface area (Å²) in [6.07, 6.45) is 1.40. The highest BCUT2D eigenvalue weighted by atomic mass is 32.2. The van der Waals surface area contributed by atoms with Gasteiger partial charge in [-0.2, -0.15) is 0 Å². The van der Waals surface area contributed by atoms with E-state index in [1.807, 2.05) is 0 Å². The van der Waals surface area contributed by atoms with Crippen molar-refractivity contribution in [1.82, 2.24) is 0 Å². The van der Waals surface area contributed by atoms with E-state index in [0.29, 0.717) is 33.1 Å². The molecule has 0 aromatic carbocycles. The predicted molar refractivity (Wildman–Crippen MR) is 100 cm³/mol. The van der Waals surface area contributed by atoms with Gasteiger partial charge in [-0.1, -0.05) is 23.5 Å². The highest BCUT2D eigenvalue weighted by Gasteiger charge is 2.23. The van der Waals surface area contributed by atoms with Crippen LogP contribution in [0.5, 0.6) is 0 Å². The molecule has 2 aliphatic rings. The number of hydrogen-bond donors (Lipinski definition) is 0. The van der Waals surface area contributed by atoms with Crippen LogP contribution in [0.25, 0.3) is 0 Å². The molecule has 24 heavy (non-hydrogen) atoms. The zero-order chi connectivity index (χ0) is 17.4. The van der Waals surface area contributed by atoms with Crippen LogP contribution in [0.3, 0.4) is 0 Å². The van der Waals surface area contributed by atoms with E-state index in [-0.39, 0.29) is 50.2 Å². The van der Waals surface area contributed by atoms with E-state index in [4.69, 9.17) is 43.4 Å². The zero-order valence-electron chi connectivity index (χ0n) is 12.9. The van der Waals surface area contributed by atoms with Crippen LogP contribution in [-0.2, 0) is 28.5 Å². The Morgan fingerprint density at radius 3 is 1.67 bits per heavy atom. The van der Waals surface area contributed by atoms with Crippen molar-refractivity contribution in [2.45, 2.75) is 37.9 Å². The number of esters is 2. The van der Waals surface area contributed by atoms with Gasteiger partial charge in [0.05, 0.1) is 0 Å². The molecule has 0 aromatic rings. The third-order valence-corrected chi connectivity index (χ3v) is 5.81. The molecular weight excluding hydrogens is 392 g/mol. The Hall–Kier alpha value is -0.580. The molecule has 10 heteroatoms. The van der Waals surface area contributed by atoms with E-state index in [0.717, 1.165) is 0 Å². The number of thiocarbonyl (C=S) groups is 2. The molecule has 0 radical (unpaired) electrons. The summed E-state index contributed by atoms with van der Waals surface area (Å²) in [6.45, 7) is 0.435. The van der Waals surface area contributed by atoms with Gasteiger partial charge in [-0.05, 0) is 37.3 Å². The van der Waals surface area contributed by atoms with E-state index in [9.17, 15) is 9.59 Å². The zero-order valence-corrected chi connectivity index (χ0v) is 16.2. The standard InChI is InChI=1S/C14H18O6S4/c15-11(17-5-9-7-23-13(21)19-9)3-1-2-4-12(16)18-6-10-8-24-14(22)20-10/h9-10H,1-8H2. The van der Waals surface area contributed by atoms with Crippen molar-refractivity contribution in [3.63, 3.8) is 0 Å². The molecule has 0 N–H and O–H groups in total. The first-order valence-electron chi connectivity index (χ1n) is 7.51. The first-order chi connectivity index (χ1) is 11.5. The van der Waals surface area contributed by atoms with Gasteiger partial charge in [-0.15, -0.1) is 0 Å². The molecule has 2 atom stereocenters. The van der Waals surface area contributed by atoms with Crippen molar-refractivity contribution in [2.75, 3.05) is 24.7 Å². The average Bonchev–Trinajstić information content (AvgIpc) is 3.16. The summed E-state index contributed by atoms with van der Waals surface area (Å²) in [5.41, 5.74) is 0. The maximum absolute atomic E-state index is 11.6. The highest BCUT2D eigenvalue weighted by Crippen LogP contribution is 2.21. The molecule has 2 rings (SSSR count). The first-order valence-corrected chi connectivity index (χ1v) is 10.3. The molecule has 0 saturated carbocycles. The molecule has 0 spiro atoms. The Kier molecular flexibility index (Phi) is 8.57. The lowest BCUT2D eigenvalue weighted by Crippen LogP contribution is -2.21. The van der Waals surface area contributed by atoms with Gasteiger partial charge in [0.25, 0.3) is 0 Å². The normalized spacial score (nSPS) is 22.8. The third kappa shape index (κ3) is 7.54. The summed E-state index contributed by atoms with van der Waals surface area (Å²) in [5.74, 6) is 0.844. The van der Waals surface area contributed by atoms with E-state index in [1.54, 1.807) is 0 Å². The number of hydrogen-bond acceptors (Lipinski definition) is 10. The van der Waals surface area contributed by atoms with Gasteiger partial charge in [0.1, 0.15) is 25.4 Å². The van der Waals surface area contributed by atoms with Crippen LogP contribution in [-0.4, -0.2) is 57.6 Å². The van der Waals surface area contributed by atoms with E-state index in [1.165, 1.54) is 23.5 Å². The molecule has 2 saturated heterocycles. The molecule has 2 unspecified atom stereocenters. The summed E-state index contributed by atoms with van der Waals surface area (Å²) in [7, 11) is 0. The monoisotopic (exact) mass is 410 g/mol. The summed E-state index contributed by atoms with van der Waals surface area (Å²) in [6, 6.07) is 0. The number of rotatable bonds is 9. The summed E-state index contributed by atoms with van der Waals surface area (Å²) < 4.78 is 21.8. The number of ether oxygens (including phenoxy) is 4. The lowest BCUT2D eigenvalue weighted by atomic mass is 10.2. The van der Waals surface area contributed by atoms with Gasteiger partial charge in [0, 0.05) is 24.3 Å². The van der Waals surface area contributed by atoms with Gasteiger partial charge in [0.15, 0.2) is 0 Å². The predicted octanol–water partition coefficient (Wildman–Crippen LogP) is 2.47. The van der Waals surface area contributed by atoms with Crippen molar-refractivity contribution >= 4 is 68.7 Å². The molecular formula is C14H18O6S4. The summed E-state index contributed by atoms with van der Waals surface area (Å²) in [4.78, 5) is 23.2. The number of carbonyl (C=O) groups is 2. The van der Waals surface area contributed by atoms with Gasteiger partial charge in [-0.3, -0.25) is 9.59 Å². The fourth-order valence-electron chi connectivity index (χ4n) is 1.95. The molecule has 134 valence electrons. The van der Waals surface area contributed by atoms with Crippen LogP contribution in [0.4, 0.5) is 0 Å². The van der Waals surface area contributed by atoms with Crippen molar-refractivity contribution in [2.24, 2.45) is 0 Å². The van der Waals surface area contributed by atoms with Crippen LogP contribution in [0.15, 0.2) is 0 Å². The molecule has 6 nitrogen and oxygen atoms in total. The molecule has 0 aliphatic carbocycles. The van der Waals surface area contributed by atoms with E-state index in [2.05, 4.69) is 0 Å². The Balaban J connectivity index is 1.45. The van der Waals surface area contributed by atoms with Crippen molar-refractivity contribution in [3.05, 3.63) is 0 Å². The Morgan fingerprint density at radius 1 is 0.917 bits per heavy atom. The van der Waals surface area contributed by atoms with Crippen molar-refractivity contribution in [1.29, 1.82) is 0 Å². The quantitative estimate of drug-likeness (QED) is 0.321. The average molecular weight is 411 g/mol. The van der Waals surface area contributed by atoms with E-state index < -0.39 is 0 Å². The van der Waals surface area contributed by atoms with Crippen LogP contribution < -0.4 is 0 Å². The fraction of sp³-hybridized carbons (Fsp3) is 0.714. The lowest BCUT2D eigenvalue weighted by Gasteiger charge is -2.10. The topological polar surface area (TPSA) is 71.1 Å². The van der Waals surface area contributed by atoms with Crippen LogP contribution in [0.2, 0.25) is 0 Å². The fourth-order valence-corrected chi connectivity index (χ4v) is 4.01.